The smallest absolute Gasteiger partial charge is 0.254 e. The zero-order valence-corrected chi connectivity index (χ0v) is 15.3. The van der Waals surface area contributed by atoms with Gasteiger partial charge in [-0.3, -0.25) is 9.59 Å². The number of nitrogens with zero attached hydrogens (tertiary/aromatic N) is 3. The third-order valence-corrected chi connectivity index (χ3v) is 4.86. The number of amides is 2. The third kappa shape index (κ3) is 4.22. The molecule has 0 atom stereocenters. The van der Waals surface area contributed by atoms with Crippen LogP contribution in [0, 0.1) is 12.8 Å². The Labute approximate surface area is 158 Å². The van der Waals surface area contributed by atoms with Gasteiger partial charge in [-0.05, 0) is 49.8 Å². The number of carbonyl (C=O) groups is 2. The van der Waals surface area contributed by atoms with E-state index >= 15 is 0 Å². The van der Waals surface area contributed by atoms with Crippen LogP contribution in [0.5, 0.6) is 0 Å². The molecule has 2 aromatic rings. The molecule has 0 bridgehead atoms. The first kappa shape index (κ1) is 17.4. The van der Waals surface area contributed by atoms with E-state index in [9.17, 15) is 9.59 Å². The number of anilines is 2. The fourth-order valence-corrected chi connectivity index (χ4v) is 3.09. The molecule has 0 unspecified atom stereocenters. The van der Waals surface area contributed by atoms with Crippen LogP contribution in [-0.4, -0.2) is 22.5 Å². The van der Waals surface area contributed by atoms with Gasteiger partial charge in [0.05, 0.1) is 24.0 Å². The SMILES string of the molecule is Cc1ccc(CCC(=O)Nc2ccc(N3N=C(C4CC4)CC3=O)nc2)cc1. The minimum Gasteiger partial charge on any atom is -0.325 e. The van der Waals surface area contributed by atoms with Crippen LogP contribution in [0.15, 0.2) is 47.7 Å². The number of pyridine rings is 1. The van der Waals surface area contributed by atoms with Gasteiger partial charge in [0.1, 0.15) is 0 Å². The molecular weight excluding hydrogens is 340 g/mol. The summed E-state index contributed by atoms with van der Waals surface area (Å²) < 4.78 is 0. The van der Waals surface area contributed by atoms with Crippen molar-refractivity contribution in [3.05, 3.63) is 53.7 Å². The quantitative estimate of drug-likeness (QED) is 0.855. The number of aryl methyl sites for hydroxylation is 2. The number of hydrogen-bond acceptors (Lipinski definition) is 4. The van der Waals surface area contributed by atoms with Crippen LogP contribution >= 0.6 is 0 Å². The summed E-state index contributed by atoms with van der Waals surface area (Å²) in [5.41, 5.74) is 3.93. The highest BCUT2D eigenvalue weighted by molar-refractivity contribution is 6.14. The zero-order valence-electron chi connectivity index (χ0n) is 15.3. The molecule has 2 aliphatic rings. The summed E-state index contributed by atoms with van der Waals surface area (Å²) >= 11 is 0. The van der Waals surface area contributed by atoms with Crippen LogP contribution < -0.4 is 10.3 Å². The molecule has 2 heterocycles. The molecular formula is C21H22N4O2. The molecule has 1 aromatic heterocycles. The van der Waals surface area contributed by atoms with E-state index in [4.69, 9.17) is 0 Å². The number of carbonyl (C=O) groups excluding carboxylic acids is 2. The molecule has 1 aliphatic heterocycles. The number of benzene rings is 1. The Morgan fingerprint density at radius 3 is 2.63 bits per heavy atom. The molecule has 6 heteroatoms. The lowest BCUT2D eigenvalue weighted by molar-refractivity contribution is -0.117. The van der Waals surface area contributed by atoms with Gasteiger partial charge in [0.25, 0.3) is 5.91 Å². The first-order chi connectivity index (χ1) is 13.1. The molecule has 2 amide bonds. The van der Waals surface area contributed by atoms with Crippen LogP contribution in [0.1, 0.15) is 36.8 Å². The first-order valence-corrected chi connectivity index (χ1v) is 9.30. The van der Waals surface area contributed by atoms with Crippen molar-refractivity contribution in [1.82, 2.24) is 4.98 Å². The second-order valence-corrected chi connectivity index (χ2v) is 7.19. The highest BCUT2D eigenvalue weighted by Crippen LogP contribution is 2.35. The zero-order chi connectivity index (χ0) is 18.8. The van der Waals surface area contributed by atoms with Gasteiger partial charge in [0.2, 0.25) is 5.91 Å². The second-order valence-electron chi connectivity index (χ2n) is 7.19. The van der Waals surface area contributed by atoms with Crippen molar-refractivity contribution in [2.45, 2.75) is 39.0 Å². The van der Waals surface area contributed by atoms with Gasteiger partial charge in [-0.25, -0.2) is 4.98 Å². The van der Waals surface area contributed by atoms with Gasteiger partial charge >= 0.3 is 0 Å². The van der Waals surface area contributed by atoms with Gasteiger partial charge < -0.3 is 5.32 Å². The van der Waals surface area contributed by atoms with Crippen molar-refractivity contribution >= 4 is 29.0 Å². The summed E-state index contributed by atoms with van der Waals surface area (Å²) in [5.74, 6) is 0.870. The van der Waals surface area contributed by atoms with Gasteiger partial charge in [0.15, 0.2) is 5.82 Å². The molecule has 1 N–H and O–H groups in total. The number of hydrogen-bond donors (Lipinski definition) is 1. The molecule has 1 saturated carbocycles. The van der Waals surface area contributed by atoms with Gasteiger partial charge in [-0.2, -0.15) is 10.1 Å². The van der Waals surface area contributed by atoms with Crippen LogP contribution in [-0.2, 0) is 16.0 Å². The maximum atomic E-state index is 12.1. The second kappa shape index (κ2) is 7.31. The standard InChI is InChI=1S/C21H22N4O2/c1-14-2-4-15(5-3-14)6-11-20(26)23-17-9-10-19(22-13-17)25-21(27)12-18(24-25)16-7-8-16/h2-5,9-10,13,16H,6-8,11-12H2,1H3,(H,23,26). The molecule has 138 valence electrons. The summed E-state index contributed by atoms with van der Waals surface area (Å²) in [5, 5.41) is 8.63. The topological polar surface area (TPSA) is 74.7 Å². The minimum absolute atomic E-state index is 0.0423. The molecule has 0 saturated heterocycles. The van der Waals surface area contributed by atoms with Gasteiger partial charge in [-0.15, -0.1) is 0 Å². The monoisotopic (exact) mass is 362 g/mol. The summed E-state index contributed by atoms with van der Waals surface area (Å²) in [6.07, 6.45) is 5.31. The van der Waals surface area contributed by atoms with Crippen molar-refractivity contribution in [2.75, 3.05) is 10.3 Å². The van der Waals surface area contributed by atoms with Crippen LogP contribution in [0.4, 0.5) is 11.5 Å². The average molecular weight is 362 g/mol. The molecule has 4 rings (SSSR count). The van der Waals surface area contributed by atoms with E-state index in [2.05, 4.69) is 15.4 Å². The van der Waals surface area contributed by atoms with E-state index in [0.717, 1.165) is 24.1 Å². The number of nitrogens with one attached hydrogen (secondary N) is 1. The molecule has 6 nitrogen and oxygen atoms in total. The first-order valence-electron chi connectivity index (χ1n) is 9.30. The van der Waals surface area contributed by atoms with E-state index in [1.165, 1.54) is 10.6 Å². The van der Waals surface area contributed by atoms with Crippen molar-refractivity contribution < 1.29 is 9.59 Å². The van der Waals surface area contributed by atoms with E-state index < -0.39 is 0 Å². The normalized spacial score (nSPS) is 16.4. The highest BCUT2D eigenvalue weighted by Gasteiger charge is 2.35. The lowest BCUT2D eigenvalue weighted by atomic mass is 10.1. The van der Waals surface area contributed by atoms with Crippen molar-refractivity contribution in [1.29, 1.82) is 0 Å². The van der Waals surface area contributed by atoms with E-state index in [0.29, 0.717) is 36.7 Å². The molecule has 1 aliphatic carbocycles. The Morgan fingerprint density at radius 2 is 1.96 bits per heavy atom. The number of aromatic nitrogens is 1. The summed E-state index contributed by atoms with van der Waals surface area (Å²) in [4.78, 5) is 28.6. The minimum atomic E-state index is -0.0589. The van der Waals surface area contributed by atoms with Gasteiger partial charge in [-0.1, -0.05) is 29.8 Å². The fourth-order valence-electron chi connectivity index (χ4n) is 3.09. The predicted octanol–water partition coefficient (Wildman–Crippen LogP) is 3.46. The lowest BCUT2D eigenvalue weighted by Gasteiger charge is -2.11. The molecule has 1 aromatic carbocycles. The summed E-state index contributed by atoms with van der Waals surface area (Å²) in [7, 11) is 0. The largest absolute Gasteiger partial charge is 0.325 e. The van der Waals surface area contributed by atoms with E-state index in [-0.39, 0.29) is 11.8 Å². The summed E-state index contributed by atoms with van der Waals surface area (Å²) in [6, 6.07) is 11.7. The fraction of sp³-hybridized carbons (Fsp3) is 0.333. The Morgan fingerprint density at radius 1 is 1.19 bits per heavy atom. The van der Waals surface area contributed by atoms with Crippen LogP contribution in [0.3, 0.4) is 0 Å². The number of rotatable bonds is 6. The Balaban J connectivity index is 1.33. The van der Waals surface area contributed by atoms with Crippen molar-refractivity contribution in [3.8, 4) is 0 Å². The van der Waals surface area contributed by atoms with E-state index in [1.54, 1.807) is 18.3 Å². The Kier molecular flexibility index (Phi) is 4.71. The van der Waals surface area contributed by atoms with Crippen molar-refractivity contribution in [2.24, 2.45) is 11.0 Å². The lowest BCUT2D eigenvalue weighted by Crippen LogP contribution is -2.20. The Bertz CT molecular complexity index is 883. The maximum Gasteiger partial charge on any atom is 0.254 e. The van der Waals surface area contributed by atoms with Crippen molar-refractivity contribution in [3.63, 3.8) is 0 Å². The van der Waals surface area contributed by atoms with Crippen LogP contribution in [0.25, 0.3) is 0 Å². The Hall–Kier alpha value is -3.02. The number of hydrazone groups is 1. The molecule has 0 spiro atoms. The molecule has 27 heavy (non-hydrogen) atoms. The highest BCUT2D eigenvalue weighted by atomic mass is 16.2. The third-order valence-electron chi connectivity index (χ3n) is 4.86. The average Bonchev–Trinajstić information content (AvgIpc) is 3.44. The van der Waals surface area contributed by atoms with Gasteiger partial charge in [0, 0.05) is 6.42 Å². The molecule has 1 fully saturated rings. The van der Waals surface area contributed by atoms with E-state index in [1.807, 2.05) is 31.2 Å². The summed E-state index contributed by atoms with van der Waals surface area (Å²) in [6.45, 7) is 2.04. The predicted molar refractivity (Wildman–Crippen MR) is 105 cm³/mol. The maximum absolute atomic E-state index is 12.1. The molecule has 0 radical (unpaired) electrons. The van der Waals surface area contributed by atoms with Crippen LogP contribution in [0.2, 0.25) is 0 Å².